The molecule has 2 aliphatic rings. The van der Waals surface area contributed by atoms with E-state index in [1.54, 1.807) is 0 Å². The van der Waals surface area contributed by atoms with E-state index in [1.165, 1.54) is 23.1 Å². The molecule has 27 heavy (non-hydrogen) atoms. The van der Waals surface area contributed by atoms with Crippen LogP contribution in [0.3, 0.4) is 0 Å². The van der Waals surface area contributed by atoms with E-state index in [9.17, 15) is 18.4 Å². The van der Waals surface area contributed by atoms with Gasteiger partial charge in [-0.1, -0.05) is 0 Å². The predicted molar refractivity (Wildman–Crippen MR) is 96.8 cm³/mol. The minimum Gasteiger partial charge on any atom is -0.370 e. The zero-order valence-electron chi connectivity index (χ0n) is 14.9. The monoisotopic (exact) mass is 382 g/mol. The van der Waals surface area contributed by atoms with Gasteiger partial charge in [-0.2, -0.15) is 0 Å². The number of amides is 2. The van der Waals surface area contributed by atoms with Crippen molar-refractivity contribution in [2.24, 2.45) is 11.7 Å². The van der Waals surface area contributed by atoms with Gasteiger partial charge in [0, 0.05) is 24.3 Å². The molecule has 1 atom stereocenters. The summed E-state index contributed by atoms with van der Waals surface area (Å²) in [6.45, 7) is 1.20. The van der Waals surface area contributed by atoms with Crippen LogP contribution in [-0.4, -0.2) is 50.7 Å². The van der Waals surface area contributed by atoms with Gasteiger partial charge in [-0.25, -0.2) is 8.78 Å². The maximum Gasteiger partial charge on any atom is 0.265 e. The Balaban J connectivity index is 1.72. The lowest BCUT2D eigenvalue weighted by Crippen LogP contribution is -2.46. The van der Waals surface area contributed by atoms with E-state index in [-0.39, 0.29) is 55.1 Å². The zero-order chi connectivity index (χ0) is 19.4. The van der Waals surface area contributed by atoms with Crippen LogP contribution in [0.4, 0.5) is 20.2 Å². The van der Waals surface area contributed by atoms with Crippen LogP contribution in [0.15, 0.2) is 18.2 Å². The number of hydrogen-bond donors (Lipinski definition) is 3. The average molecular weight is 382 g/mol. The van der Waals surface area contributed by atoms with Crippen molar-refractivity contribution in [3.63, 3.8) is 0 Å². The standard InChI is InChI=1S/C18H24F2N4O3/c19-17(20)13-7-12(3-4-15(13)24-5-6-27-10-16(24)25)23-18(26)14(8-21)22-9-11-1-2-11/h3-4,7,11,14,17,22H,1-2,5-6,8-10,21H2,(H,23,26)/t14-/m0/s1. The van der Waals surface area contributed by atoms with E-state index < -0.39 is 12.5 Å². The molecule has 1 saturated carbocycles. The first-order valence-corrected chi connectivity index (χ1v) is 9.04. The fraction of sp³-hybridized carbons (Fsp3) is 0.556. The molecule has 0 radical (unpaired) electrons. The molecule has 0 unspecified atom stereocenters. The maximum absolute atomic E-state index is 13.6. The minimum absolute atomic E-state index is 0.112. The minimum atomic E-state index is -2.79. The molecule has 4 N–H and O–H groups in total. The first-order valence-electron chi connectivity index (χ1n) is 9.04. The Bertz CT molecular complexity index is 697. The summed E-state index contributed by atoms with van der Waals surface area (Å²) < 4.78 is 32.1. The lowest BCUT2D eigenvalue weighted by molar-refractivity contribution is -0.125. The molecule has 1 saturated heterocycles. The second-order valence-corrected chi connectivity index (χ2v) is 6.80. The molecule has 1 aliphatic carbocycles. The first-order chi connectivity index (χ1) is 13.0. The lowest BCUT2D eigenvalue weighted by atomic mass is 10.1. The summed E-state index contributed by atoms with van der Waals surface area (Å²) in [7, 11) is 0. The number of benzene rings is 1. The van der Waals surface area contributed by atoms with Crippen molar-refractivity contribution < 1.29 is 23.1 Å². The first kappa shape index (κ1) is 19.7. The molecule has 1 heterocycles. The van der Waals surface area contributed by atoms with Gasteiger partial charge in [0.05, 0.1) is 18.3 Å². The summed E-state index contributed by atoms with van der Waals surface area (Å²) in [6.07, 6.45) is -0.498. The highest BCUT2D eigenvalue weighted by Crippen LogP contribution is 2.33. The van der Waals surface area contributed by atoms with Gasteiger partial charge in [-0.15, -0.1) is 0 Å². The van der Waals surface area contributed by atoms with E-state index in [0.29, 0.717) is 5.92 Å². The second-order valence-electron chi connectivity index (χ2n) is 6.80. The Morgan fingerprint density at radius 1 is 1.37 bits per heavy atom. The van der Waals surface area contributed by atoms with E-state index in [2.05, 4.69) is 10.6 Å². The van der Waals surface area contributed by atoms with Gasteiger partial charge in [-0.3, -0.25) is 9.59 Å². The molecular formula is C18H24F2N4O3. The number of ether oxygens (including phenoxy) is 1. The molecule has 9 heteroatoms. The van der Waals surface area contributed by atoms with E-state index in [0.717, 1.165) is 19.4 Å². The Labute approximate surface area is 156 Å². The average Bonchev–Trinajstić information content (AvgIpc) is 3.47. The Morgan fingerprint density at radius 3 is 2.78 bits per heavy atom. The number of halogens is 2. The van der Waals surface area contributed by atoms with Crippen LogP contribution < -0.4 is 21.3 Å². The predicted octanol–water partition coefficient (Wildman–Crippen LogP) is 1.25. The topological polar surface area (TPSA) is 96.7 Å². The number of nitrogens with one attached hydrogen (secondary N) is 2. The van der Waals surface area contributed by atoms with E-state index in [1.807, 2.05) is 0 Å². The van der Waals surface area contributed by atoms with Crippen molar-refractivity contribution in [1.82, 2.24) is 5.32 Å². The van der Waals surface area contributed by atoms with Crippen LogP contribution in [0.25, 0.3) is 0 Å². The largest absolute Gasteiger partial charge is 0.370 e. The van der Waals surface area contributed by atoms with Crippen LogP contribution in [0, 0.1) is 5.92 Å². The molecule has 2 amide bonds. The molecule has 0 aromatic heterocycles. The summed E-state index contributed by atoms with van der Waals surface area (Å²) >= 11 is 0. The highest BCUT2D eigenvalue weighted by molar-refractivity contribution is 5.97. The van der Waals surface area contributed by atoms with Crippen molar-refractivity contribution in [2.75, 3.05) is 43.1 Å². The number of hydrogen-bond acceptors (Lipinski definition) is 5. The third-order valence-electron chi connectivity index (χ3n) is 4.71. The summed E-state index contributed by atoms with van der Waals surface area (Å²) in [5.41, 5.74) is 5.72. The van der Waals surface area contributed by atoms with E-state index in [4.69, 9.17) is 10.5 Å². The maximum atomic E-state index is 13.6. The Kier molecular flexibility index (Phi) is 6.35. The van der Waals surface area contributed by atoms with Gasteiger partial charge in [0.2, 0.25) is 5.91 Å². The number of alkyl halides is 2. The lowest BCUT2D eigenvalue weighted by Gasteiger charge is -2.29. The Morgan fingerprint density at radius 2 is 2.15 bits per heavy atom. The van der Waals surface area contributed by atoms with Gasteiger partial charge in [0.15, 0.2) is 0 Å². The van der Waals surface area contributed by atoms with Gasteiger partial charge in [-0.05, 0) is 43.5 Å². The summed E-state index contributed by atoms with van der Waals surface area (Å²) in [5, 5.41) is 5.74. The van der Waals surface area contributed by atoms with Gasteiger partial charge in [0.25, 0.3) is 12.3 Å². The van der Waals surface area contributed by atoms with E-state index >= 15 is 0 Å². The third kappa shape index (κ3) is 5.00. The number of morpholine rings is 1. The molecule has 7 nitrogen and oxygen atoms in total. The molecule has 0 spiro atoms. The normalized spacial score (nSPS) is 18.7. The van der Waals surface area contributed by atoms with Gasteiger partial charge >= 0.3 is 0 Å². The van der Waals surface area contributed by atoms with Gasteiger partial charge < -0.3 is 26.0 Å². The molecule has 1 aromatic carbocycles. The van der Waals surface area contributed by atoms with Crippen molar-refractivity contribution in [2.45, 2.75) is 25.3 Å². The number of nitrogens with zero attached hydrogens (tertiary/aromatic N) is 1. The number of anilines is 2. The molecule has 3 rings (SSSR count). The van der Waals surface area contributed by atoms with Crippen molar-refractivity contribution in [1.29, 1.82) is 0 Å². The fourth-order valence-electron chi connectivity index (χ4n) is 2.97. The molecule has 1 aromatic rings. The highest BCUT2D eigenvalue weighted by atomic mass is 19.3. The highest BCUT2D eigenvalue weighted by Gasteiger charge is 2.27. The number of carbonyl (C=O) groups excluding carboxylic acids is 2. The number of rotatable bonds is 8. The van der Waals surface area contributed by atoms with Crippen LogP contribution in [0.1, 0.15) is 24.8 Å². The summed E-state index contributed by atoms with van der Waals surface area (Å²) in [4.78, 5) is 25.6. The van der Waals surface area contributed by atoms with Crippen LogP contribution >= 0.6 is 0 Å². The number of nitrogens with two attached hydrogens (primary N) is 1. The van der Waals surface area contributed by atoms with Crippen LogP contribution in [-0.2, 0) is 14.3 Å². The van der Waals surface area contributed by atoms with Crippen LogP contribution in [0.2, 0.25) is 0 Å². The SMILES string of the molecule is NC[C@H](NCC1CC1)C(=O)Nc1ccc(N2CCOCC2=O)c(C(F)F)c1. The molecule has 1 aliphatic heterocycles. The van der Waals surface area contributed by atoms with Gasteiger partial charge in [0.1, 0.15) is 6.61 Å². The second kappa shape index (κ2) is 8.73. The van der Waals surface area contributed by atoms with Crippen molar-refractivity contribution >= 4 is 23.2 Å². The molecule has 148 valence electrons. The molecule has 2 fully saturated rings. The third-order valence-corrected chi connectivity index (χ3v) is 4.71. The van der Waals surface area contributed by atoms with Crippen molar-refractivity contribution in [3.8, 4) is 0 Å². The Hall–Kier alpha value is -2.10. The fourth-order valence-corrected chi connectivity index (χ4v) is 2.97. The smallest absolute Gasteiger partial charge is 0.265 e. The molecular weight excluding hydrogens is 358 g/mol. The quantitative estimate of drug-likeness (QED) is 0.629. The molecule has 0 bridgehead atoms. The van der Waals surface area contributed by atoms with Crippen molar-refractivity contribution in [3.05, 3.63) is 23.8 Å². The zero-order valence-corrected chi connectivity index (χ0v) is 14.9. The summed E-state index contributed by atoms with van der Waals surface area (Å²) in [6, 6.07) is 3.56. The number of carbonyl (C=O) groups is 2. The van der Waals surface area contributed by atoms with Crippen LogP contribution in [0.5, 0.6) is 0 Å². The summed E-state index contributed by atoms with van der Waals surface area (Å²) in [5.74, 6) is -0.149.